The van der Waals surface area contributed by atoms with E-state index in [9.17, 15) is 0 Å². The predicted molar refractivity (Wildman–Crippen MR) is 249 cm³/mol. The Morgan fingerprint density at radius 3 is 1.00 bits per heavy atom. The summed E-state index contributed by atoms with van der Waals surface area (Å²) in [5.41, 5.74) is 28.6. The molecule has 0 saturated heterocycles. The normalized spacial score (nSPS) is 14.3. The smallest absolute Gasteiger partial charge is 0.0159 e. The largest absolute Gasteiger partial charge is 0.0590 e. The van der Waals surface area contributed by atoms with Gasteiger partial charge in [-0.3, -0.25) is 0 Å². The second-order valence-corrected chi connectivity index (χ2v) is 18.6. The summed E-state index contributed by atoms with van der Waals surface area (Å²) in [5.74, 6) is 0. The van der Waals surface area contributed by atoms with Crippen LogP contribution in [0.1, 0.15) is 83.3 Å². The van der Waals surface area contributed by atoms with Gasteiger partial charge in [0.25, 0.3) is 0 Å². The molecule has 0 spiro atoms. The SMILES string of the molecule is Cc1ccc(-c2c(-c3ccc(C)cc3)c3c4c(ccc5c4c2-c2ccc(-c4cc(C)ccc4C)cc2C5(C)C)C(C)(C)c2cc(-c4cc(C)ccc4C)ccc2-3)cc1. The number of hydrogen-bond donors (Lipinski definition) is 0. The van der Waals surface area contributed by atoms with E-state index in [0.717, 1.165) is 0 Å². The van der Waals surface area contributed by atoms with Crippen LogP contribution in [0, 0.1) is 41.5 Å². The monoisotopic (exact) mass is 748 g/mol. The van der Waals surface area contributed by atoms with Crippen LogP contribution in [0.3, 0.4) is 0 Å². The number of hydrogen-bond acceptors (Lipinski definition) is 0. The van der Waals surface area contributed by atoms with Gasteiger partial charge < -0.3 is 0 Å². The highest BCUT2D eigenvalue weighted by molar-refractivity contribution is 6.23. The van der Waals surface area contributed by atoms with Crippen molar-refractivity contribution in [1.29, 1.82) is 0 Å². The van der Waals surface area contributed by atoms with E-state index in [2.05, 4.69) is 203 Å². The van der Waals surface area contributed by atoms with Crippen molar-refractivity contribution in [2.24, 2.45) is 0 Å². The first-order valence-corrected chi connectivity index (χ1v) is 21.0. The fourth-order valence-corrected chi connectivity index (χ4v) is 10.5. The molecule has 284 valence electrons. The van der Waals surface area contributed by atoms with Crippen molar-refractivity contribution in [2.45, 2.75) is 80.1 Å². The molecule has 0 atom stereocenters. The molecule has 0 aromatic heterocycles. The summed E-state index contributed by atoms with van der Waals surface area (Å²) >= 11 is 0. The highest BCUT2D eigenvalue weighted by atomic mass is 14.5. The van der Waals surface area contributed by atoms with E-state index in [4.69, 9.17) is 0 Å². The van der Waals surface area contributed by atoms with Crippen LogP contribution in [0.15, 0.2) is 133 Å². The Morgan fingerprint density at radius 2 is 0.621 bits per heavy atom. The Labute approximate surface area is 345 Å². The number of rotatable bonds is 4. The molecule has 58 heavy (non-hydrogen) atoms. The van der Waals surface area contributed by atoms with E-state index in [0.29, 0.717) is 0 Å². The van der Waals surface area contributed by atoms with Crippen LogP contribution in [-0.4, -0.2) is 0 Å². The molecule has 0 amide bonds. The first-order chi connectivity index (χ1) is 27.7. The first-order valence-electron chi connectivity index (χ1n) is 21.0. The predicted octanol–water partition coefficient (Wildman–Crippen LogP) is 16.0. The molecule has 2 aliphatic rings. The van der Waals surface area contributed by atoms with Gasteiger partial charge >= 0.3 is 0 Å². The number of benzene rings is 8. The molecule has 0 aliphatic heterocycles. The van der Waals surface area contributed by atoms with Crippen molar-refractivity contribution < 1.29 is 0 Å². The van der Waals surface area contributed by atoms with E-state index < -0.39 is 0 Å². The van der Waals surface area contributed by atoms with Gasteiger partial charge in [0, 0.05) is 10.8 Å². The van der Waals surface area contributed by atoms with Crippen LogP contribution >= 0.6 is 0 Å². The second kappa shape index (κ2) is 12.8. The molecule has 0 fully saturated rings. The maximum absolute atomic E-state index is 2.51. The molecule has 0 radical (unpaired) electrons. The van der Waals surface area contributed by atoms with Crippen LogP contribution in [0.2, 0.25) is 0 Å². The Bertz CT molecular complexity index is 2810. The molecule has 0 nitrogen and oxygen atoms in total. The van der Waals surface area contributed by atoms with E-state index in [-0.39, 0.29) is 10.8 Å². The van der Waals surface area contributed by atoms with Crippen molar-refractivity contribution in [1.82, 2.24) is 0 Å². The lowest BCUT2D eigenvalue weighted by Gasteiger charge is -2.43. The van der Waals surface area contributed by atoms with Crippen LogP contribution in [-0.2, 0) is 10.8 Å². The van der Waals surface area contributed by atoms with Crippen molar-refractivity contribution in [3.63, 3.8) is 0 Å². The molecular weight excluding hydrogens is 697 g/mol. The van der Waals surface area contributed by atoms with E-state index in [1.165, 1.54) is 133 Å². The zero-order valence-corrected chi connectivity index (χ0v) is 35.7. The molecule has 8 aromatic rings. The van der Waals surface area contributed by atoms with Crippen molar-refractivity contribution >= 4 is 10.8 Å². The Kier molecular flexibility index (Phi) is 8.00. The summed E-state index contributed by atoms with van der Waals surface area (Å²) in [4.78, 5) is 0. The van der Waals surface area contributed by atoms with Crippen LogP contribution in [0.5, 0.6) is 0 Å². The zero-order chi connectivity index (χ0) is 40.4. The summed E-state index contributed by atoms with van der Waals surface area (Å²) in [7, 11) is 0. The molecule has 0 heteroatoms. The molecule has 0 N–H and O–H groups in total. The lowest BCUT2D eigenvalue weighted by Crippen LogP contribution is -2.28. The minimum atomic E-state index is -0.237. The number of fused-ring (bicyclic) bond motifs is 4. The van der Waals surface area contributed by atoms with Crippen LogP contribution in [0.4, 0.5) is 0 Å². The third kappa shape index (κ3) is 5.27. The van der Waals surface area contributed by atoms with Crippen LogP contribution < -0.4 is 0 Å². The van der Waals surface area contributed by atoms with Gasteiger partial charge in [0.05, 0.1) is 0 Å². The maximum atomic E-state index is 2.51. The Balaban J connectivity index is 1.40. The minimum absolute atomic E-state index is 0.237. The van der Waals surface area contributed by atoms with Gasteiger partial charge in [0.1, 0.15) is 0 Å². The maximum Gasteiger partial charge on any atom is 0.0159 e. The number of aryl methyl sites for hydroxylation is 6. The van der Waals surface area contributed by atoms with E-state index in [1.54, 1.807) is 0 Å². The standard InChI is InChI=1S/C58H52/c1-33-13-19-39(20-14-33)51-52(40-21-15-34(2)16-22-40)54-44-26-24-42(46-30-36(4)12-18-38(46)6)32-50(44)58(9,10)48-28-27-47-55(56(48)54)53(51)43-25-23-41(31-49(43)57(47,7)8)45-29-35(3)11-17-37(45)5/h11-32H,1-10H3. The molecule has 0 bridgehead atoms. The Morgan fingerprint density at radius 1 is 0.276 bits per heavy atom. The van der Waals surface area contributed by atoms with E-state index >= 15 is 0 Å². The molecule has 0 heterocycles. The fourth-order valence-electron chi connectivity index (χ4n) is 10.5. The molecule has 0 unspecified atom stereocenters. The van der Waals surface area contributed by atoms with Crippen LogP contribution in [0.25, 0.3) is 77.5 Å². The van der Waals surface area contributed by atoms with Gasteiger partial charge in [-0.25, -0.2) is 0 Å². The third-order valence-corrected chi connectivity index (χ3v) is 13.8. The molecule has 10 rings (SSSR count). The van der Waals surface area contributed by atoms with Crippen molar-refractivity contribution in [3.8, 4) is 66.8 Å². The average Bonchev–Trinajstić information content (AvgIpc) is 3.21. The third-order valence-electron chi connectivity index (χ3n) is 13.8. The average molecular weight is 749 g/mol. The van der Waals surface area contributed by atoms with Gasteiger partial charge in [-0.05, 0) is 165 Å². The van der Waals surface area contributed by atoms with Gasteiger partial charge in [0.15, 0.2) is 0 Å². The molecule has 0 saturated carbocycles. The summed E-state index contributed by atoms with van der Waals surface area (Å²) < 4.78 is 0. The Hall–Kier alpha value is -5.98. The second-order valence-electron chi connectivity index (χ2n) is 18.6. The fraction of sp³-hybridized carbons (Fsp3) is 0.207. The highest BCUT2D eigenvalue weighted by Crippen LogP contribution is 2.62. The van der Waals surface area contributed by atoms with Gasteiger partial charge in [0.2, 0.25) is 0 Å². The van der Waals surface area contributed by atoms with Gasteiger partial charge in [-0.15, -0.1) is 0 Å². The first kappa shape index (κ1) is 36.4. The quantitative estimate of drug-likeness (QED) is 0.168. The summed E-state index contributed by atoms with van der Waals surface area (Å²) in [6.07, 6.45) is 0. The topological polar surface area (TPSA) is 0 Å². The van der Waals surface area contributed by atoms with Crippen molar-refractivity contribution in [3.05, 3.63) is 189 Å². The molecular formula is C58H52. The summed E-state index contributed by atoms with van der Waals surface area (Å²) in [6.45, 7) is 23.1. The van der Waals surface area contributed by atoms with E-state index in [1.807, 2.05) is 0 Å². The van der Waals surface area contributed by atoms with Gasteiger partial charge in [-0.1, -0.05) is 171 Å². The minimum Gasteiger partial charge on any atom is -0.0590 e. The summed E-state index contributed by atoms with van der Waals surface area (Å²) in [5, 5.41) is 2.82. The van der Waals surface area contributed by atoms with Crippen molar-refractivity contribution in [2.75, 3.05) is 0 Å². The molecule has 2 aliphatic carbocycles. The molecule has 8 aromatic carbocycles. The lowest BCUT2D eigenvalue weighted by molar-refractivity contribution is 0.633. The zero-order valence-electron chi connectivity index (χ0n) is 35.7. The lowest BCUT2D eigenvalue weighted by atomic mass is 9.60. The van der Waals surface area contributed by atoms with Gasteiger partial charge in [-0.2, -0.15) is 0 Å². The highest BCUT2D eigenvalue weighted by Gasteiger charge is 2.42. The summed E-state index contributed by atoms with van der Waals surface area (Å²) in [6, 6.07) is 52.0.